The van der Waals surface area contributed by atoms with Crippen LogP contribution in [0, 0.1) is 0 Å². The highest BCUT2D eigenvalue weighted by molar-refractivity contribution is 5.90. The molecule has 0 bridgehead atoms. The molecule has 1 fully saturated rings. The highest BCUT2D eigenvalue weighted by Gasteiger charge is 2.23. The van der Waals surface area contributed by atoms with Crippen molar-refractivity contribution in [3.8, 4) is 0 Å². The van der Waals surface area contributed by atoms with E-state index in [9.17, 15) is 4.79 Å². The Morgan fingerprint density at radius 1 is 1.47 bits per heavy atom. The Morgan fingerprint density at radius 3 is 3.05 bits per heavy atom. The Morgan fingerprint density at radius 2 is 2.37 bits per heavy atom. The van der Waals surface area contributed by atoms with Crippen LogP contribution < -0.4 is 5.32 Å². The lowest BCUT2D eigenvalue weighted by atomic mass is 9.85. The van der Waals surface area contributed by atoms with E-state index in [2.05, 4.69) is 25.5 Å². The zero-order chi connectivity index (χ0) is 13.1. The van der Waals surface area contributed by atoms with Crippen LogP contribution in [0.25, 0.3) is 0 Å². The number of carbonyl (C=O) groups excluding carboxylic acids is 1. The molecule has 1 saturated carbocycles. The summed E-state index contributed by atoms with van der Waals surface area (Å²) in [7, 11) is 0. The number of pyridine rings is 1. The normalized spacial score (nSPS) is 14.9. The average Bonchev–Trinajstić information content (AvgIpc) is 2.76. The van der Waals surface area contributed by atoms with Gasteiger partial charge in [0.1, 0.15) is 5.82 Å². The maximum Gasteiger partial charge on any atom is 0.248 e. The monoisotopic (exact) mass is 257 g/mol. The van der Waals surface area contributed by atoms with Crippen LogP contribution in [-0.2, 0) is 11.2 Å². The smallest absolute Gasteiger partial charge is 0.248 e. The lowest BCUT2D eigenvalue weighted by Crippen LogP contribution is -2.15. The zero-order valence-electron chi connectivity index (χ0n) is 10.5. The summed E-state index contributed by atoms with van der Waals surface area (Å²) in [6.45, 7) is 0. The molecular weight excluding hydrogens is 242 g/mol. The predicted octanol–water partition coefficient (Wildman–Crippen LogP) is 1.65. The van der Waals surface area contributed by atoms with E-state index in [0.717, 1.165) is 24.2 Å². The maximum absolute atomic E-state index is 11.8. The molecule has 98 valence electrons. The molecular formula is C13H15N5O. The van der Waals surface area contributed by atoms with Crippen LogP contribution in [0.4, 0.5) is 5.95 Å². The van der Waals surface area contributed by atoms with Gasteiger partial charge in [-0.1, -0.05) is 12.5 Å². The molecule has 1 aliphatic rings. The summed E-state index contributed by atoms with van der Waals surface area (Å²) in [6.07, 6.45) is 7.19. The molecule has 0 atom stereocenters. The first-order valence-corrected chi connectivity index (χ1v) is 6.42. The molecule has 1 amide bonds. The molecule has 6 nitrogen and oxygen atoms in total. The van der Waals surface area contributed by atoms with E-state index in [0.29, 0.717) is 11.9 Å². The fourth-order valence-electron chi connectivity index (χ4n) is 2.05. The van der Waals surface area contributed by atoms with Crippen LogP contribution >= 0.6 is 0 Å². The molecule has 2 N–H and O–H groups in total. The van der Waals surface area contributed by atoms with Crippen molar-refractivity contribution in [2.45, 2.75) is 31.6 Å². The first-order chi connectivity index (χ1) is 9.31. The van der Waals surface area contributed by atoms with Gasteiger partial charge in [-0.25, -0.2) is 0 Å². The third-order valence-electron chi connectivity index (χ3n) is 3.33. The summed E-state index contributed by atoms with van der Waals surface area (Å²) >= 11 is 0. The third-order valence-corrected chi connectivity index (χ3v) is 3.33. The van der Waals surface area contributed by atoms with Crippen LogP contribution in [-0.4, -0.2) is 26.1 Å². The minimum absolute atomic E-state index is 0.132. The molecule has 0 saturated heterocycles. The first kappa shape index (κ1) is 11.8. The summed E-state index contributed by atoms with van der Waals surface area (Å²) in [5.74, 6) is 1.59. The van der Waals surface area contributed by atoms with Crippen molar-refractivity contribution in [1.29, 1.82) is 0 Å². The number of hydrogen-bond donors (Lipinski definition) is 2. The molecule has 0 radical (unpaired) electrons. The summed E-state index contributed by atoms with van der Waals surface area (Å²) in [4.78, 5) is 20.1. The van der Waals surface area contributed by atoms with Crippen molar-refractivity contribution in [3.63, 3.8) is 0 Å². The fraction of sp³-hybridized carbons (Fsp3) is 0.385. The number of hydrogen-bond acceptors (Lipinski definition) is 4. The molecule has 1 aliphatic carbocycles. The Bertz CT molecular complexity index is 561. The predicted molar refractivity (Wildman–Crippen MR) is 69.5 cm³/mol. The molecule has 0 unspecified atom stereocenters. The number of aromatic nitrogens is 4. The summed E-state index contributed by atoms with van der Waals surface area (Å²) < 4.78 is 0. The Balaban J connectivity index is 1.58. The lowest BCUT2D eigenvalue weighted by Gasteiger charge is -2.22. The molecule has 0 aliphatic heterocycles. The van der Waals surface area contributed by atoms with Crippen LogP contribution in [0.3, 0.4) is 0 Å². The molecule has 2 aromatic heterocycles. The fourth-order valence-corrected chi connectivity index (χ4v) is 2.05. The van der Waals surface area contributed by atoms with Gasteiger partial charge in [0.2, 0.25) is 11.9 Å². The van der Waals surface area contributed by atoms with E-state index < -0.39 is 0 Å². The molecule has 0 spiro atoms. The highest BCUT2D eigenvalue weighted by atomic mass is 16.1. The van der Waals surface area contributed by atoms with Gasteiger partial charge in [-0.2, -0.15) is 4.98 Å². The van der Waals surface area contributed by atoms with Crippen molar-refractivity contribution in [2.75, 3.05) is 5.32 Å². The summed E-state index contributed by atoms with van der Waals surface area (Å²) in [6, 6.07) is 3.68. The van der Waals surface area contributed by atoms with Crippen molar-refractivity contribution < 1.29 is 4.79 Å². The van der Waals surface area contributed by atoms with Gasteiger partial charge in [-0.15, -0.1) is 5.10 Å². The van der Waals surface area contributed by atoms with E-state index in [4.69, 9.17) is 0 Å². The van der Waals surface area contributed by atoms with Crippen molar-refractivity contribution in [3.05, 3.63) is 35.9 Å². The Labute approximate surface area is 110 Å². The van der Waals surface area contributed by atoms with Gasteiger partial charge in [0.15, 0.2) is 0 Å². The number of anilines is 1. The van der Waals surface area contributed by atoms with Gasteiger partial charge in [0.05, 0.1) is 6.42 Å². The van der Waals surface area contributed by atoms with Crippen LogP contribution in [0.5, 0.6) is 0 Å². The van der Waals surface area contributed by atoms with Gasteiger partial charge >= 0.3 is 0 Å². The minimum atomic E-state index is -0.132. The maximum atomic E-state index is 11.8. The van der Waals surface area contributed by atoms with Gasteiger partial charge in [0, 0.05) is 18.3 Å². The van der Waals surface area contributed by atoms with Gasteiger partial charge < -0.3 is 0 Å². The van der Waals surface area contributed by atoms with Gasteiger partial charge in [-0.3, -0.25) is 20.2 Å². The van der Waals surface area contributed by atoms with E-state index in [1.165, 1.54) is 6.42 Å². The van der Waals surface area contributed by atoms with Crippen LogP contribution in [0.15, 0.2) is 24.5 Å². The number of H-pyrrole nitrogens is 1. The number of amides is 1. The van der Waals surface area contributed by atoms with Gasteiger partial charge in [-0.05, 0) is 24.5 Å². The summed E-state index contributed by atoms with van der Waals surface area (Å²) in [5, 5.41) is 9.60. The second-order valence-corrected chi connectivity index (χ2v) is 4.76. The third kappa shape index (κ3) is 2.78. The van der Waals surface area contributed by atoms with Crippen LogP contribution in [0.2, 0.25) is 0 Å². The van der Waals surface area contributed by atoms with Crippen molar-refractivity contribution in [2.24, 2.45) is 0 Å². The van der Waals surface area contributed by atoms with E-state index in [-0.39, 0.29) is 12.3 Å². The topological polar surface area (TPSA) is 83.6 Å². The Kier molecular flexibility index (Phi) is 3.22. The molecule has 3 rings (SSSR count). The lowest BCUT2D eigenvalue weighted by molar-refractivity contribution is -0.115. The second kappa shape index (κ2) is 5.17. The largest absolute Gasteiger partial charge is 0.293 e. The number of nitrogens with zero attached hydrogens (tertiary/aromatic N) is 3. The van der Waals surface area contributed by atoms with Crippen molar-refractivity contribution in [1.82, 2.24) is 20.2 Å². The number of aromatic amines is 1. The summed E-state index contributed by atoms with van der Waals surface area (Å²) in [5.41, 5.74) is 0.870. The number of nitrogens with one attached hydrogen (secondary N) is 2. The first-order valence-electron chi connectivity index (χ1n) is 6.42. The van der Waals surface area contributed by atoms with Crippen molar-refractivity contribution >= 4 is 11.9 Å². The van der Waals surface area contributed by atoms with Crippen LogP contribution in [0.1, 0.15) is 36.6 Å². The number of rotatable bonds is 4. The highest BCUT2D eigenvalue weighted by Crippen LogP contribution is 2.34. The molecule has 2 aromatic rings. The standard InChI is InChI=1S/C13H15N5O/c19-11(7-9-3-2-6-14-8-9)15-13-16-12(17-18-13)10-4-1-5-10/h2-3,6,8,10H,1,4-5,7H2,(H2,15,16,17,18,19). The quantitative estimate of drug-likeness (QED) is 0.872. The van der Waals surface area contributed by atoms with Gasteiger partial charge in [0.25, 0.3) is 0 Å². The number of carbonyl (C=O) groups is 1. The second-order valence-electron chi connectivity index (χ2n) is 4.76. The zero-order valence-corrected chi connectivity index (χ0v) is 10.5. The SMILES string of the molecule is O=C(Cc1cccnc1)Nc1n[nH]c(C2CCC2)n1. The van der Waals surface area contributed by atoms with E-state index >= 15 is 0 Å². The molecule has 0 aromatic carbocycles. The average molecular weight is 257 g/mol. The minimum Gasteiger partial charge on any atom is -0.293 e. The molecule has 2 heterocycles. The Hall–Kier alpha value is -2.24. The molecule has 19 heavy (non-hydrogen) atoms. The van der Waals surface area contributed by atoms with E-state index in [1.54, 1.807) is 12.4 Å². The molecule has 6 heteroatoms. The van der Waals surface area contributed by atoms with E-state index in [1.807, 2.05) is 12.1 Å².